The SMILES string of the molecule is O=C(N[C@H](Cc1ccccc1)C(=O)O)C1CC1c1ccccc1OC(F)(F)F. The van der Waals surface area contributed by atoms with Crippen molar-refractivity contribution in [3.63, 3.8) is 0 Å². The highest BCUT2D eigenvalue weighted by molar-refractivity contribution is 5.87. The highest BCUT2D eigenvalue weighted by Crippen LogP contribution is 2.51. The Bertz CT molecular complexity index is 854. The summed E-state index contributed by atoms with van der Waals surface area (Å²) in [6.45, 7) is 0. The van der Waals surface area contributed by atoms with Gasteiger partial charge in [-0.25, -0.2) is 4.79 Å². The Morgan fingerprint density at radius 2 is 1.75 bits per heavy atom. The van der Waals surface area contributed by atoms with Gasteiger partial charge in [0.15, 0.2) is 0 Å². The molecule has 3 atom stereocenters. The number of benzene rings is 2. The number of nitrogens with one attached hydrogen (secondary N) is 1. The van der Waals surface area contributed by atoms with Crippen LogP contribution in [0.4, 0.5) is 13.2 Å². The van der Waals surface area contributed by atoms with Crippen LogP contribution < -0.4 is 10.1 Å². The van der Waals surface area contributed by atoms with Crippen molar-refractivity contribution in [1.29, 1.82) is 0 Å². The Morgan fingerprint density at radius 1 is 1.11 bits per heavy atom. The molecule has 0 heterocycles. The number of carbonyl (C=O) groups excluding carboxylic acids is 1. The second-order valence-electron chi connectivity index (χ2n) is 6.62. The third kappa shape index (κ3) is 5.03. The highest BCUT2D eigenvalue weighted by atomic mass is 19.4. The second-order valence-corrected chi connectivity index (χ2v) is 6.62. The van der Waals surface area contributed by atoms with Gasteiger partial charge in [0, 0.05) is 12.3 Å². The van der Waals surface area contributed by atoms with Crippen molar-refractivity contribution in [2.24, 2.45) is 5.92 Å². The third-order valence-corrected chi connectivity index (χ3v) is 4.57. The van der Waals surface area contributed by atoms with Crippen LogP contribution in [0.3, 0.4) is 0 Å². The molecule has 0 aliphatic heterocycles. The molecule has 2 aromatic rings. The van der Waals surface area contributed by atoms with Crippen molar-refractivity contribution in [1.82, 2.24) is 5.32 Å². The first-order valence-corrected chi connectivity index (χ1v) is 8.66. The Labute approximate surface area is 159 Å². The lowest BCUT2D eigenvalue weighted by atomic mass is 10.0. The van der Waals surface area contributed by atoms with E-state index < -0.39 is 36.1 Å². The van der Waals surface area contributed by atoms with Gasteiger partial charge in [-0.15, -0.1) is 13.2 Å². The summed E-state index contributed by atoms with van der Waals surface area (Å²) in [6.07, 6.45) is -4.37. The number of hydrogen-bond acceptors (Lipinski definition) is 3. The van der Waals surface area contributed by atoms with Crippen molar-refractivity contribution in [3.05, 3.63) is 65.7 Å². The lowest BCUT2D eigenvalue weighted by Gasteiger charge is -2.15. The molecule has 1 saturated carbocycles. The lowest BCUT2D eigenvalue weighted by Crippen LogP contribution is -2.43. The van der Waals surface area contributed by atoms with E-state index in [1.807, 2.05) is 0 Å². The normalized spacial score (nSPS) is 19.5. The van der Waals surface area contributed by atoms with Gasteiger partial charge in [0.25, 0.3) is 0 Å². The van der Waals surface area contributed by atoms with Crippen LogP contribution in [0, 0.1) is 5.92 Å². The molecule has 1 aliphatic carbocycles. The molecule has 8 heteroatoms. The molecule has 148 valence electrons. The fourth-order valence-electron chi connectivity index (χ4n) is 3.16. The molecule has 1 amide bonds. The summed E-state index contributed by atoms with van der Waals surface area (Å²) in [4.78, 5) is 23.9. The molecule has 3 rings (SSSR count). The molecule has 1 aliphatic rings. The maximum atomic E-state index is 12.6. The first-order valence-electron chi connectivity index (χ1n) is 8.66. The number of halogens is 3. The molecule has 2 aromatic carbocycles. The minimum atomic E-state index is -4.83. The summed E-state index contributed by atoms with van der Waals surface area (Å²) >= 11 is 0. The number of para-hydroxylation sites is 1. The summed E-state index contributed by atoms with van der Waals surface area (Å²) in [5.74, 6) is -3.03. The van der Waals surface area contributed by atoms with Gasteiger partial charge in [0.05, 0.1) is 0 Å². The second kappa shape index (κ2) is 7.92. The highest BCUT2D eigenvalue weighted by Gasteiger charge is 2.47. The molecule has 0 aromatic heterocycles. The molecule has 0 spiro atoms. The number of carbonyl (C=O) groups is 2. The minimum absolute atomic E-state index is 0.118. The van der Waals surface area contributed by atoms with Gasteiger partial charge in [-0.3, -0.25) is 4.79 Å². The van der Waals surface area contributed by atoms with E-state index in [1.54, 1.807) is 36.4 Å². The van der Waals surface area contributed by atoms with Crippen molar-refractivity contribution in [2.45, 2.75) is 31.2 Å². The van der Waals surface area contributed by atoms with Crippen LogP contribution in [0.1, 0.15) is 23.5 Å². The number of hydrogen-bond donors (Lipinski definition) is 2. The van der Waals surface area contributed by atoms with Crippen LogP contribution in [0.25, 0.3) is 0 Å². The number of amides is 1. The molecule has 0 radical (unpaired) electrons. The fraction of sp³-hybridized carbons (Fsp3) is 0.300. The van der Waals surface area contributed by atoms with Gasteiger partial charge in [-0.1, -0.05) is 48.5 Å². The van der Waals surface area contributed by atoms with E-state index in [9.17, 15) is 27.9 Å². The van der Waals surface area contributed by atoms with Gasteiger partial charge in [-0.2, -0.15) is 0 Å². The Balaban J connectivity index is 1.66. The van der Waals surface area contributed by atoms with E-state index in [4.69, 9.17) is 0 Å². The Kier molecular flexibility index (Phi) is 5.58. The van der Waals surface area contributed by atoms with Gasteiger partial charge >= 0.3 is 12.3 Å². The lowest BCUT2D eigenvalue weighted by molar-refractivity contribution is -0.274. The molecular weight excluding hydrogens is 375 g/mol. The molecule has 0 saturated heterocycles. The quantitative estimate of drug-likeness (QED) is 0.755. The Hall–Kier alpha value is -3.03. The van der Waals surface area contributed by atoms with Crippen LogP contribution in [-0.4, -0.2) is 29.4 Å². The predicted molar refractivity (Wildman–Crippen MR) is 93.7 cm³/mol. The largest absolute Gasteiger partial charge is 0.573 e. The summed E-state index contributed by atoms with van der Waals surface area (Å²) < 4.78 is 41.7. The monoisotopic (exact) mass is 393 g/mol. The van der Waals surface area contributed by atoms with Crippen molar-refractivity contribution in [2.75, 3.05) is 0 Å². The number of aliphatic carboxylic acids is 1. The van der Waals surface area contributed by atoms with Crippen LogP contribution in [-0.2, 0) is 16.0 Å². The van der Waals surface area contributed by atoms with Crippen molar-refractivity contribution >= 4 is 11.9 Å². The zero-order valence-electron chi connectivity index (χ0n) is 14.6. The number of ether oxygens (including phenoxy) is 1. The number of carboxylic acid groups (broad SMARTS) is 1. The molecule has 0 bridgehead atoms. The maximum absolute atomic E-state index is 12.6. The number of alkyl halides is 3. The molecule has 28 heavy (non-hydrogen) atoms. The number of rotatable bonds is 7. The molecule has 2 N–H and O–H groups in total. The smallest absolute Gasteiger partial charge is 0.480 e. The van der Waals surface area contributed by atoms with Crippen LogP contribution in [0.15, 0.2) is 54.6 Å². The van der Waals surface area contributed by atoms with Gasteiger partial charge in [0.2, 0.25) is 5.91 Å². The Morgan fingerprint density at radius 3 is 2.39 bits per heavy atom. The third-order valence-electron chi connectivity index (χ3n) is 4.57. The first-order chi connectivity index (χ1) is 13.2. The van der Waals surface area contributed by atoms with Crippen LogP contribution >= 0.6 is 0 Å². The van der Waals surface area contributed by atoms with Gasteiger partial charge in [-0.05, 0) is 29.5 Å². The topological polar surface area (TPSA) is 75.6 Å². The van der Waals surface area contributed by atoms with Gasteiger partial charge in [0.1, 0.15) is 11.8 Å². The molecule has 1 fully saturated rings. The standard InChI is InChI=1S/C20H18F3NO4/c21-20(22,23)28-17-9-5-4-8-13(17)14-11-15(14)18(25)24-16(19(26)27)10-12-6-2-1-3-7-12/h1-9,14-16H,10-11H2,(H,24,25)(H,26,27)/t14?,15?,16-/m1/s1. The fourth-order valence-corrected chi connectivity index (χ4v) is 3.16. The summed E-state index contributed by atoms with van der Waals surface area (Å²) in [6, 6.07) is 13.4. The van der Waals surface area contributed by atoms with E-state index in [-0.39, 0.29) is 17.7 Å². The average Bonchev–Trinajstić information content (AvgIpc) is 3.42. The zero-order chi connectivity index (χ0) is 20.3. The summed E-state index contributed by atoms with van der Waals surface area (Å²) in [5, 5.41) is 11.9. The predicted octanol–water partition coefficient (Wildman–Crippen LogP) is 3.50. The first kappa shape index (κ1) is 19.7. The summed E-state index contributed by atoms with van der Waals surface area (Å²) in [5.41, 5.74) is 1.04. The molecule has 5 nitrogen and oxygen atoms in total. The zero-order valence-corrected chi connectivity index (χ0v) is 14.6. The van der Waals surface area contributed by atoms with E-state index in [2.05, 4.69) is 10.1 Å². The van der Waals surface area contributed by atoms with E-state index >= 15 is 0 Å². The molecular formula is C20H18F3NO4. The van der Waals surface area contributed by atoms with E-state index in [1.165, 1.54) is 18.2 Å². The summed E-state index contributed by atoms with van der Waals surface area (Å²) in [7, 11) is 0. The average molecular weight is 393 g/mol. The van der Waals surface area contributed by atoms with E-state index in [0.29, 0.717) is 6.42 Å². The van der Waals surface area contributed by atoms with Crippen molar-refractivity contribution < 1.29 is 32.6 Å². The minimum Gasteiger partial charge on any atom is -0.480 e. The van der Waals surface area contributed by atoms with E-state index in [0.717, 1.165) is 5.56 Å². The van der Waals surface area contributed by atoms with Crippen LogP contribution in [0.5, 0.6) is 5.75 Å². The molecule has 2 unspecified atom stereocenters. The van der Waals surface area contributed by atoms with Gasteiger partial charge < -0.3 is 15.2 Å². The number of carboxylic acids is 1. The van der Waals surface area contributed by atoms with Crippen LogP contribution in [0.2, 0.25) is 0 Å². The maximum Gasteiger partial charge on any atom is 0.573 e. The van der Waals surface area contributed by atoms with Crippen molar-refractivity contribution in [3.8, 4) is 5.75 Å².